The van der Waals surface area contributed by atoms with Gasteiger partial charge in [-0.2, -0.15) is 0 Å². The van der Waals surface area contributed by atoms with Crippen molar-refractivity contribution in [2.75, 3.05) is 12.4 Å². The Hall–Kier alpha value is -4.90. The molecule has 0 saturated heterocycles. The third kappa shape index (κ3) is 15.1. The van der Waals surface area contributed by atoms with Gasteiger partial charge in [0, 0.05) is 19.4 Å². The van der Waals surface area contributed by atoms with Crippen LogP contribution >= 0.6 is 11.6 Å². The highest BCUT2D eigenvalue weighted by molar-refractivity contribution is 6.28. The van der Waals surface area contributed by atoms with Crippen LogP contribution in [0.2, 0.25) is 0 Å². The molecule has 0 aliphatic heterocycles. The Kier molecular flexibility index (Phi) is 16.3. The van der Waals surface area contributed by atoms with E-state index in [0.717, 1.165) is 16.7 Å². The number of ether oxygens (including phenoxy) is 2. The SMILES string of the molecule is CC(C)(C)OC(=O)N[C@@H](Cc1ccccc1)C(=O)N[C@@H](Cc1ccccc1)C(=O)N[C@@H](CCCCNC(=O)OCc1ccccc1)C(=O)CCl. The highest BCUT2D eigenvalue weighted by Crippen LogP contribution is 2.11. The predicted octanol–water partition coefficient (Wildman–Crippen LogP) is 5.24. The largest absolute Gasteiger partial charge is 0.445 e. The normalized spacial score (nSPS) is 12.8. The van der Waals surface area contributed by atoms with E-state index in [1.807, 2.05) is 91.0 Å². The minimum absolute atomic E-state index is 0.125. The summed E-state index contributed by atoms with van der Waals surface area (Å²) in [6, 6.07) is 24.5. The Morgan fingerprint density at radius 1 is 0.640 bits per heavy atom. The molecule has 0 saturated carbocycles. The van der Waals surface area contributed by atoms with E-state index in [4.69, 9.17) is 21.1 Å². The zero-order valence-electron chi connectivity index (χ0n) is 28.8. The van der Waals surface area contributed by atoms with Crippen LogP contribution in [0, 0.1) is 0 Å². The van der Waals surface area contributed by atoms with Crippen LogP contribution in [-0.4, -0.2) is 65.9 Å². The van der Waals surface area contributed by atoms with Crippen molar-refractivity contribution in [1.29, 1.82) is 0 Å². The van der Waals surface area contributed by atoms with Crippen molar-refractivity contribution in [3.05, 3.63) is 108 Å². The maximum Gasteiger partial charge on any atom is 0.408 e. The molecule has 3 rings (SSSR count). The van der Waals surface area contributed by atoms with Crippen LogP contribution in [0.4, 0.5) is 9.59 Å². The van der Waals surface area contributed by atoms with Gasteiger partial charge in [-0.25, -0.2) is 9.59 Å². The quantitative estimate of drug-likeness (QED) is 0.104. The number of hydrogen-bond donors (Lipinski definition) is 4. The van der Waals surface area contributed by atoms with Crippen molar-refractivity contribution < 1.29 is 33.4 Å². The Bertz CT molecular complexity index is 1520. The second kappa shape index (κ2) is 20.6. The fourth-order valence-corrected chi connectivity index (χ4v) is 5.14. The van der Waals surface area contributed by atoms with Crippen molar-refractivity contribution in [2.24, 2.45) is 0 Å². The molecule has 0 aliphatic carbocycles. The van der Waals surface area contributed by atoms with Gasteiger partial charge in [0.1, 0.15) is 24.3 Å². The number of carbonyl (C=O) groups excluding carboxylic acids is 5. The van der Waals surface area contributed by atoms with E-state index in [2.05, 4.69) is 21.3 Å². The molecule has 0 radical (unpaired) electrons. The molecule has 0 heterocycles. The number of Topliss-reactive ketones (excluding diaryl/α,β-unsaturated/α-hetero) is 1. The molecule has 50 heavy (non-hydrogen) atoms. The zero-order chi connectivity index (χ0) is 36.4. The van der Waals surface area contributed by atoms with Crippen molar-refractivity contribution in [3.8, 4) is 0 Å². The Balaban J connectivity index is 1.65. The van der Waals surface area contributed by atoms with Crippen molar-refractivity contribution >= 4 is 41.4 Å². The Morgan fingerprint density at radius 3 is 1.62 bits per heavy atom. The summed E-state index contributed by atoms with van der Waals surface area (Å²) in [5, 5.41) is 10.9. The van der Waals surface area contributed by atoms with Crippen LogP contribution in [0.25, 0.3) is 0 Å². The Labute approximate surface area is 298 Å². The number of nitrogens with one attached hydrogen (secondary N) is 4. The molecular formula is C38H47ClN4O7. The van der Waals surface area contributed by atoms with Crippen LogP contribution in [0.5, 0.6) is 0 Å². The molecule has 11 nitrogen and oxygen atoms in total. The minimum Gasteiger partial charge on any atom is -0.445 e. The van der Waals surface area contributed by atoms with Gasteiger partial charge in [0.05, 0.1) is 11.9 Å². The summed E-state index contributed by atoms with van der Waals surface area (Å²) < 4.78 is 10.6. The van der Waals surface area contributed by atoms with Gasteiger partial charge in [-0.05, 0) is 56.7 Å². The van der Waals surface area contributed by atoms with Gasteiger partial charge in [-0.3, -0.25) is 14.4 Å². The first-order valence-electron chi connectivity index (χ1n) is 16.6. The molecule has 268 valence electrons. The van der Waals surface area contributed by atoms with Crippen LogP contribution in [0.3, 0.4) is 0 Å². The minimum atomic E-state index is -1.09. The summed E-state index contributed by atoms with van der Waals surface area (Å²) in [6.07, 6.45) is 0.213. The van der Waals surface area contributed by atoms with Gasteiger partial charge in [-0.15, -0.1) is 11.6 Å². The van der Waals surface area contributed by atoms with Crippen LogP contribution < -0.4 is 21.3 Å². The lowest BCUT2D eigenvalue weighted by Crippen LogP contribution is -2.57. The highest BCUT2D eigenvalue weighted by Gasteiger charge is 2.31. The molecule has 3 aromatic rings. The number of carbonyl (C=O) groups is 5. The van der Waals surface area contributed by atoms with Gasteiger partial charge in [0.15, 0.2) is 5.78 Å². The van der Waals surface area contributed by atoms with E-state index in [0.29, 0.717) is 19.4 Å². The summed E-state index contributed by atoms with van der Waals surface area (Å²) in [6.45, 7) is 5.61. The van der Waals surface area contributed by atoms with Gasteiger partial charge >= 0.3 is 12.2 Å². The summed E-state index contributed by atoms with van der Waals surface area (Å²) in [7, 11) is 0. The summed E-state index contributed by atoms with van der Waals surface area (Å²) in [4.78, 5) is 65.1. The van der Waals surface area contributed by atoms with E-state index in [-0.39, 0.29) is 37.5 Å². The summed E-state index contributed by atoms with van der Waals surface area (Å²) in [5.74, 6) is -1.87. The zero-order valence-corrected chi connectivity index (χ0v) is 29.5. The lowest BCUT2D eigenvalue weighted by atomic mass is 10.0. The Morgan fingerprint density at radius 2 is 1.12 bits per heavy atom. The number of unbranched alkanes of at least 4 members (excludes halogenated alkanes) is 1. The van der Waals surface area contributed by atoms with Gasteiger partial charge < -0.3 is 30.7 Å². The van der Waals surface area contributed by atoms with Gasteiger partial charge in [-0.1, -0.05) is 91.0 Å². The highest BCUT2D eigenvalue weighted by atomic mass is 35.5. The molecule has 0 fully saturated rings. The molecule has 0 aromatic heterocycles. The molecule has 0 aliphatic rings. The molecule has 12 heteroatoms. The van der Waals surface area contributed by atoms with E-state index in [1.165, 1.54) is 0 Å². The first-order chi connectivity index (χ1) is 23.9. The van der Waals surface area contributed by atoms with E-state index in [9.17, 15) is 24.0 Å². The van der Waals surface area contributed by atoms with Crippen LogP contribution in [0.15, 0.2) is 91.0 Å². The number of ketones is 1. The maximum atomic E-state index is 13.8. The third-order valence-electron chi connectivity index (χ3n) is 7.44. The average molecular weight is 707 g/mol. The van der Waals surface area contributed by atoms with E-state index >= 15 is 0 Å². The second-order valence-electron chi connectivity index (χ2n) is 12.8. The molecule has 0 bridgehead atoms. The lowest BCUT2D eigenvalue weighted by Gasteiger charge is -2.26. The molecule has 0 spiro atoms. The van der Waals surface area contributed by atoms with E-state index in [1.54, 1.807) is 20.8 Å². The maximum absolute atomic E-state index is 13.8. The number of rotatable bonds is 18. The third-order valence-corrected chi connectivity index (χ3v) is 7.71. The van der Waals surface area contributed by atoms with Crippen molar-refractivity contribution in [2.45, 2.75) is 83.2 Å². The standard InChI is InChI=1S/C38H47ClN4O7/c1-38(2,3)50-37(48)43-32(24-28-17-9-5-10-18-28)35(46)42-31(23-27-15-7-4-8-16-27)34(45)41-30(33(44)25-39)21-13-14-22-40-36(47)49-26-29-19-11-6-12-20-29/h4-12,15-20,30-32H,13-14,21-26H2,1-3H3,(H,40,47)(H,41,45)(H,42,46)(H,43,48)/t30-,31-,32-/m0/s1. The number of alkyl carbamates (subject to hydrolysis) is 2. The van der Waals surface area contributed by atoms with Crippen LogP contribution in [-0.2, 0) is 43.3 Å². The molecular weight excluding hydrogens is 660 g/mol. The monoisotopic (exact) mass is 706 g/mol. The topological polar surface area (TPSA) is 152 Å². The molecule has 3 atom stereocenters. The van der Waals surface area contributed by atoms with Crippen LogP contribution in [0.1, 0.15) is 56.7 Å². The molecule has 3 aromatic carbocycles. The fourth-order valence-electron chi connectivity index (χ4n) is 4.96. The fraction of sp³-hybridized carbons (Fsp3) is 0.395. The van der Waals surface area contributed by atoms with Gasteiger partial charge in [0.2, 0.25) is 11.8 Å². The number of alkyl halides is 1. The smallest absolute Gasteiger partial charge is 0.408 e. The first-order valence-corrected chi connectivity index (χ1v) is 17.2. The molecule has 4 amide bonds. The van der Waals surface area contributed by atoms with Crippen molar-refractivity contribution in [3.63, 3.8) is 0 Å². The summed E-state index contributed by atoms with van der Waals surface area (Å²) in [5.41, 5.74) is 1.64. The number of hydrogen-bond acceptors (Lipinski definition) is 7. The van der Waals surface area contributed by atoms with Gasteiger partial charge in [0.25, 0.3) is 0 Å². The lowest BCUT2D eigenvalue weighted by molar-refractivity contribution is -0.131. The van der Waals surface area contributed by atoms with Crippen molar-refractivity contribution in [1.82, 2.24) is 21.3 Å². The number of amides is 4. The first kappa shape index (κ1) is 39.5. The average Bonchev–Trinajstić information content (AvgIpc) is 3.09. The molecule has 4 N–H and O–H groups in total. The number of benzene rings is 3. The van der Waals surface area contributed by atoms with E-state index < -0.39 is 47.7 Å². The predicted molar refractivity (Wildman–Crippen MR) is 192 cm³/mol. The summed E-state index contributed by atoms with van der Waals surface area (Å²) >= 11 is 5.91. The second-order valence-corrected chi connectivity index (χ2v) is 13.1. The molecule has 0 unspecified atom stereocenters. The number of halogens is 1.